The lowest BCUT2D eigenvalue weighted by molar-refractivity contribution is 0.139. The molecule has 0 aliphatic carbocycles. The van der Waals surface area contributed by atoms with Gasteiger partial charge in [-0.15, -0.1) is 0 Å². The van der Waals surface area contributed by atoms with E-state index < -0.39 is 0 Å². The van der Waals surface area contributed by atoms with Gasteiger partial charge in [-0.25, -0.2) is 0 Å². The van der Waals surface area contributed by atoms with Gasteiger partial charge in [0.15, 0.2) is 0 Å². The van der Waals surface area contributed by atoms with Crippen molar-refractivity contribution in [3.05, 3.63) is 58.7 Å². The Hall–Kier alpha value is -2.47. The number of rotatable bonds is 3. The third-order valence-corrected chi connectivity index (χ3v) is 4.04. The third-order valence-electron chi connectivity index (χ3n) is 4.04. The van der Waals surface area contributed by atoms with E-state index in [1.807, 2.05) is 24.3 Å². The Bertz CT molecular complexity index is 739. The van der Waals surface area contributed by atoms with E-state index >= 15 is 0 Å². The summed E-state index contributed by atoms with van der Waals surface area (Å²) in [6.07, 6.45) is 0.945. The van der Waals surface area contributed by atoms with Crippen LogP contribution in [0.1, 0.15) is 36.1 Å². The van der Waals surface area contributed by atoms with Crippen molar-refractivity contribution in [1.82, 2.24) is 0 Å². The number of hydrogen-bond acceptors (Lipinski definition) is 3. The predicted octanol–water partition coefficient (Wildman–Crippen LogP) is 4.19. The second-order valence-electron chi connectivity index (χ2n) is 6.44. The minimum Gasteiger partial charge on any atom is -0.485 e. The van der Waals surface area contributed by atoms with Gasteiger partial charge in [0.2, 0.25) is 0 Å². The number of anilines is 1. The molecule has 0 saturated carbocycles. The lowest BCUT2D eigenvalue weighted by Crippen LogP contribution is -2.25. The summed E-state index contributed by atoms with van der Waals surface area (Å²) in [5.41, 5.74) is 5.31. The molecule has 0 spiro atoms. The summed E-state index contributed by atoms with van der Waals surface area (Å²) in [4.78, 5) is 0. The fraction of sp³-hybridized carbons (Fsp3) is 0.316. The van der Waals surface area contributed by atoms with Crippen molar-refractivity contribution >= 4 is 5.69 Å². The summed E-state index contributed by atoms with van der Waals surface area (Å²) >= 11 is 0. The molecule has 1 aliphatic rings. The SMILES string of the molecule is Cc1ccc(NCc2ccc(C#N)cc2)c2c1CC(C)(C)O2. The van der Waals surface area contributed by atoms with E-state index in [9.17, 15) is 0 Å². The van der Waals surface area contributed by atoms with E-state index in [-0.39, 0.29) is 5.60 Å². The minimum absolute atomic E-state index is 0.140. The topological polar surface area (TPSA) is 45.0 Å². The summed E-state index contributed by atoms with van der Waals surface area (Å²) in [6, 6.07) is 14.0. The molecule has 0 radical (unpaired) electrons. The van der Waals surface area contributed by atoms with Crippen LogP contribution in [0, 0.1) is 18.3 Å². The molecule has 1 N–H and O–H groups in total. The van der Waals surface area contributed by atoms with Crippen molar-refractivity contribution in [3.63, 3.8) is 0 Å². The zero-order valence-electron chi connectivity index (χ0n) is 13.2. The van der Waals surface area contributed by atoms with E-state index in [4.69, 9.17) is 10.00 Å². The number of fused-ring (bicyclic) bond motifs is 1. The van der Waals surface area contributed by atoms with Crippen LogP contribution >= 0.6 is 0 Å². The predicted molar refractivity (Wildman–Crippen MR) is 88.1 cm³/mol. The molecule has 112 valence electrons. The van der Waals surface area contributed by atoms with Gasteiger partial charge in [0.05, 0.1) is 17.3 Å². The molecule has 0 amide bonds. The van der Waals surface area contributed by atoms with E-state index in [0.29, 0.717) is 12.1 Å². The maximum atomic E-state index is 8.84. The maximum Gasteiger partial charge on any atom is 0.146 e. The van der Waals surface area contributed by atoms with Crippen LogP contribution in [0.15, 0.2) is 36.4 Å². The Kier molecular flexibility index (Phi) is 3.54. The summed E-state index contributed by atoms with van der Waals surface area (Å²) in [5, 5.41) is 12.3. The molecule has 1 aliphatic heterocycles. The average Bonchev–Trinajstić information content (AvgIpc) is 2.83. The zero-order valence-corrected chi connectivity index (χ0v) is 13.2. The number of hydrogen-bond donors (Lipinski definition) is 1. The summed E-state index contributed by atoms with van der Waals surface area (Å²) in [7, 11) is 0. The Morgan fingerprint density at radius 1 is 1.18 bits per heavy atom. The van der Waals surface area contributed by atoms with Crippen LogP contribution < -0.4 is 10.1 Å². The first kappa shape index (κ1) is 14.5. The Balaban J connectivity index is 1.79. The summed E-state index contributed by atoms with van der Waals surface area (Å²) < 4.78 is 6.13. The number of nitrogens with one attached hydrogen (secondary N) is 1. The van der Waals surface area contributed by atoms with E-state index in [1.54, 1.807) is 0 Å². The fourth-order valence-corrected chi connectivity index (χ4v) is 2.83. The largest absolute Gasteiger partial charge is 0.485 e. The number of benzene rings is 2. The Morgan fingerprint density at radius 3 is 2.59 bits per heavy atom. The van der Waals surface area contributed by atoms with Gasteiger partial charge in [0.25, 0.3) is 0 Å². The molecule has 1 heterocycles. The Morgan fingerprint density at radius 2 is 1.91 bits per heavy atom. The van der Waals surface area contributed by atoms with Crippen LogP contribution in [0.3, 0.4) is 0 Å². The molecule has 2 aromatic carbocycles. The van der Waals surface area contributed by atoms with Gasteiger partial charge < -0.3 is 10.1 Å². The highest BCUT2D eigenvalue weighted by Gasteiger charge is 2.32. The lowest BCUT2D eigenvalue weighted by Gasteiger charge is -2.18. The molecule has 3 nitrogen and oxygen atoms in total. The van der Waals surface area contributed by atoms with Crippen LogP contribution in [0.25, 0.3) is 0 Å². The number of aryl methyl sites for hydroxylation is 1. The van der Waals surface area contributed by atoms with Crippen LogP contribution in [0.2, 0.25) is 0 Å². The second-order valence-corrected chi connectivity index (χ2v) is 6.44. The molecule has 0 bridgehead atoms. The molecule has 3 rings (SSSR count). The van der Waals surface area contributed by atoms with Crippen molar-refractivity contribution in [2.45, 2.75) is 39.3 Å². The van der Waals surface area contributed by atoms with Gasteiger partial charge >= 0.3 is 0 Å². The van der Waals surface area contributed by atoms with Crippen molar-refractivity contribution in [1.29, 1.82) is 5.26 Å². The molecule has 22 heavy (non-hydrogen) atoms. The molecule has 0 atom stereocenters. The van der Waals surface area contributed by atoms with Crippen LogP contribution in [-0.4, -0.2) is 5.60 Å². The van der Waals surface area contributed by atoms with Gasteiger partial charge in [-0.3, -0.25) is 0 Å². The fourth-order valence-electron chi connectivity index (χ4n) is 2.83. The van der Waals surface area contributed by atoms with Crippen LogP contribution in [0.4, 0.5) is 5.69 Å². The van der Waals surface area contributed by atoms with Crippen LogP contribution in [-0.2, 0) is 13.0 Å². The highest BCUT2D eigenvalue weighted by molar-refractivity contribution is 5.64. The highest BCUT2D eigenvalue weighted by Crippen LogP contribution is 2.42. The second kappa shape index (κ2) is 5.38. The molecule has 0 aromatic heterocycles. The van der Waals surface area contributed by atoms with Crippen LogP contribution in [0.5, 0.6) is 5.75 Å². The monoisotopic (exact) mass is 292 g/mol. The quantitative estimate of drug-likeness (QED) is 0.922. The molecule has 0 unspecified atom stereocenters. The van der Waals surface area contributed by atoms with Gasteiger partial charge in [0, 0.05) is 18.5 Å². The maximum absolute atomic E-state index is 8.84. The number of nitrogens with zero attached hydrogens (tertiary/aromatic N) is 1. The van der Waals surface area contributed by atoms with E-state index in [0.717, 1.165) is 23.4 Å². The standard InChI is InChI=1S/C19H20N2O/c1-13-4-9-17(18-16(13)10-19(2,3)22-18)21-12-15-7-5-14(11-20)6-8-15/h4-9,21H,10,12H2,1-3H3. The van der Waals surface area contributed by atoms with Crippen molar-refractivity contribution < 1.29 is 4.74 Å². The first-order chi connectivity index (χ1) is 10.5. The molecule has 2 aromatic rings. The molecule has 3 heteroatoms. The van der Waals surface area contributed by atoms with Gasteiger partial charge in [-0.05, 0) is 50.1 Å². The highest BCUT2D eigenvalue weighted by atomic mass is 16.5. The molecule has 0 fully saturated rings. The van der Waals surface area contributed by atoms with Gasteiger partial charge in [0.1, 0.15) is 11.4 Å². The third kappa shape index (κ3) is 2.78. The average molecular weight is 292 g/mol. The minimum atomic E-state index is -0.140. The lowest BCUT2D eigenvalue weighted by atomic mass is 9.97. The first-order valence-electron chi connectivity index (χ1n) is 7.53. The van der Waals surface area contributed by atoms with Crippen molar-refractivity contribution in [2.75, 3.05) is 5.32 Å². The molecular formula is C19H20N2O. The molecule has 0 saturated heterocycles. The Labute approximate surface area is 131 Å². The van der Waals surface area contributed by atoms with Crippen molar-refractivity contribution in [2.24, 2.45) is 0 Å². The van der Waals surface area contributed by atoms with E-state index in [2.05, 4.69) is 44.3 Å². The summed E-state index contributed by atoms with van der Waals surface area (Å²) in [6.45, 7) is 7.09. The van der Waals surface area contributed by atoms with E-state index in [1.165, 1.54) is 11.1 Å². The number of nitriles is 1. The summed E-state index contributed by atoms with van der Waals surface area (Å²) in [5.74, 6) is 0.985. The molecular weight excluding hydrogens is 272 g/mol. The van der Waals surface area contributed by atoms with Crippen molar-refractivity contribution in [3.8, 4) is 11.8 Å². The first-order valence-corrected chi connectivity index (χ1v) is 7.53. The zero-order chi connectivity index (χ0) is 15.7. The normalized spacial score (nSPS) is 14.8. The van der Waals surface area contributed by atoms with Gasteiger partial charge in [-0.1, -0.05) is 18.2 Å². The number of ether oxygens (including phenoxy) is 1. The smallest absolute Gasteiger partial charge is 0.146 e. The van der Waals surface area contributed by atoms with Gasteiger partial charge in [-0.2, -0.15) is 5.26 Å².